The Kier molecular flexibility index (Phi) is 6.58. The number of hydrogen-bond donors (Lipinski definition) is 1. The second kappa shape index (κ2) is 8.79. The van der Waals surface area contributed by atoms with Gasteiger partial charge in [0.25, 0.3) is 5.60 Å². The van der Waals surface area contributed by atoms with Crippen LogP contribution < -0.4 is 0 Å². The zero-order valence-corrected chi connectivity index (χ0v) is 17.5. The van der Waals surface area contributed by atoms with Crippen molar-refractivity contribution in [3.63, 3.8) is 0 Å². The maximum Gasteiger partial charge on any atom is 0.430 e. The zero-order chi connectivity index (χ0) is 24.6. The Morgan fingerprint density at radius 2 is 1.64 bits per heavy atom. The highest BCUT2D eigenvalue weighted by Crippen LogP contribution is 2.50. The first-order valence-electron chi connectivity index (χ1n) is 9.21. The van der Waals surface area contributed by atoms with E-state index >= 15 is 0 Å². The number of alkyl halides is 6. The van der Waals surface area contributed by atoms with Crippen molar-refractivity contribution in [3.8, 4) is 0 Å². The molecule has 33 heavy (non-hydrogen) atoms. The normalized spacial score (nSPS) is 13.5. The summed E-state index contributed by atoms with van der Waals surface area (Å²) in [4.78, 5) is 3.94. The van der Waals surface area contributed by atoms with Gasteiger partial charge in [-0.3, -0.25) is 4.68 Å². The Morgan fingerprint density at radius 1 is 1.03 bits per heavy atom. The van der Waals surface area contributed by atoms with E-state index in [0.29, 0.717) is 23.0 Å². The predicted molar refractivity (Wildman–Crippen MR) is 107 cm³/mol. The highest BCUT2D eigenvalue weighted by atomic mass is 35.5. The van der Waals surface area contributed by atoms with Crippen LogP contribution in [0.2, 0.25) is 5.15 Å². The van der Waals surface area contributed by atoms with Gasteiger partial charge < -0.3 is 5.11 Å². The molecule has 1 N–H and O–H groups in total. The van der Waals surface area contributed by atoms with Crippen LogP contribution in [0, 0.1) is 6.92 Å². The Labute approximate surface area is 187 Å². The molecule has 1 aromatic carbocycles. The van der Waals surface area contributed by atoms with Crippen LogP contribution in [0.1, 0.15) is 28.1 Å². The van der Waals surface area contributed by atoms with Gasteiger partial charge in [0.15, 0.2) is 5.83 Å². The number of hydrogen-bond acceptors (Lipinski definition) is 3. The summed E-state index contributed by atoms with van der Waals surface area (Å²) in [5.74, 6) is -0.860. The number of aromatic nitrogens is 3. The van der Waals surface area contributed by atoms with Crippen LogP contribution in [0.4, 0.5) is 30.7 Å². The first-order valence-corrected chi connectivity index (χ1v) is 9.59. The molecule has 0 fully saturated rings. The van der Waals surface area contributed by atoms with E-state index in [4.69, 9.17) is 11.6 Å². The third-order valence-electron chi connectivity index (χ3n) is 4.79. The summed E-state index contributed by atoms with van der Waals surface area (Å²) in [5.41, 5.74) is -5.25. The Hall–Kier alpha value is -2.92. The van der Waals surface area contributed by atoms with Crippen molar-refractivity contribution in [1.29, 1.82) is 0 Å². The van der Waals surface area contributed by atoms with Crippen LogP contribution in [-0.4, -0.2) is 32.2 Å². The molecule has 0 atom stereocenters. The van der Waals surface area contributed by atoms with Gasteiger partial charge in [0.05, 0.1) is 6.54 Å². The molecule has 0 amide bonds. The number of nitrogens with zero attached hydrogens (tertiary/aromatic N) is 3. The van der Waals surface area contributed by atoms with Crippen molar-refractivity contribution in [2.45, 2.75) is 31.4 Å². The molecule has 0 saturated heterocycles. The first kappa shape index (κ1) is 24.7. The van der Waals surface area contributed by atoms with Crippen LogP contribution in [-0.2, 0) is 12.1 Å². The van der Waals surface area contributed by atoms with Gasteiger partial charge >= 0.3 is 12.4 Å². The zero-order valence-electron chi connectivity index (χ0n) is 16.7. The summed E-state index contributed by atoms with van der Waals surface area (Å²) in [6.07, 6.45) is -9.57. The van der Waals surface area contributed by atoms with Gasteiger partial charge in [-0.1, -0.05) is 41.9 Å². The number of aryl methyl sites for hydroxylation is 1. The molecule has 4 nitrogen and oxygen atoms in total. The van der Waals surface area contributed by atoms with E-state index < -0.39 is 29.3 Å². The molecule has 0 aliphatic carbocycles. The molecule has 0 aliphatic rings. The quantitative estimate of drug-likeness (QED) is 0.347. The first-order chi connectivity index (χ1) is 15.2. The fourth-order valence-corrected chi connectivity index (χ4v) is 3.10. The fraction of sp³-hybridized carbons (Fsp3) is 0.238. The number of benzene rings is 1. The largest absolute Gasteiger partial charge is 0.430 e. The van der Waals surface area contributed by atoms with Crippen LogP contribution in [0.3, 0.4) is 0 Å². The average molecular weight is 494 g/mol. The minimum Gasteiger partial charge on any atom is -0.369 e. The third kappa shape index (κ3) is 5.03. The van der Waals surface area contributed by atoms with Crippen molar-refractivity contribution in [2.24, 2.45) is 0 Å². The molecule has 3 aromatic rings. The molecule has 12 heteroatoms. The summed E-state index contributed by atoms with van der Waals surface area (Å²) in [7, 11) is 0. The monoisotopic (exact) mass is 493 g/mol. The van der Waals surface area contributed by atoms with E-state index in [1.807, 2.05) is 0 Å². The second-order valence-electron chi connectivity index (χ2n) is 7.14. The van der Waals surface area contributed by atoms with Gasteiger partial charge in [0.2, 0.25) is 0 Å². The molecule has 2 heterocycles. The number of aliphatic hydroxyl groups is 1. The lowest BCUT2D eigenvalue weighted by atomic mass is 9.91. The Bertz CT molecular complexity index is 1140. The van der Waals surface area contributed by atoms with E-state index in [9.17, 15) is 35.8 Å². The topological polar surface area (TPSA) is 50.9 Å². The van der Waals surface area contributed by atoms with Crippen LogP contribution in [0.25, 0.3) is 11.9 Å². The van der Waals surface area contributed by atoms with Crippen molar-refractivity contribution in [1.82, 2.24) is 14.8 Å². The molecule has 0 saturated carbocycles. The molecular weight excluding hydrogens is 479 g/mol. The highest BCUT2D eigenvalue weighted by molar-refractivity contribution is 6.29. The van der Waals surface area contributed by atoms with Gasteiger partial charge in [-0.25, -0.2) is 9.37 Å². The van der Waals surface area contributed by atoms with E-state index in [-0.39, 0.29) is 17.8 Å². The minimum atomic E-state index is -6.00. The summed E-state index contributed by atoms with van der Waals surface area (Å²) >= 11 is 5.73. The Morgan fingerprint density at radius 3 is 2.15 bits per heavy atom. The molecule has 0 radical (unpaired) electrons. The highest BCUT2D eigenvalue weighted by Gasteiger charge is 2.71. The lowest BCUT2D eigenvalue weighted by molar-refractivity contribution is -0.376. The number of halogens is 8. The second-order valence-corrected chi connectivity index (χ2v) is 7.53. The number of pyridine rings is 1. The maximum absolute atomic E-state index is 14.7. The number of rotatable bonds is 5. The fourth-order valence-electron chi connectivity index (χ4n) is 2.99. The summed E-state index contributed by atoms with van der Waals surface area (Å²) in [6.45, 7) is 1.95. The van der Waals surface area contributed by atoms with Gasteiger partial charge in [-0.15, -0.1) is 0 Å². The lowest BCUT2D eigenvalue weighted by Gasteiger charge is -2.32. The van der Waals surface area contributed by atoms with Gasteiger partial charge in [0, 0.05) is 17.5 Å². The molecule has 2 aromatic heterocycles. The van der Waals surface area contributed by atoms with Crippen LogP contribution >= 0.6 is 11.6 Å². The van der Waals surface area contributed by atoms with Gasteiger partial charge in [-0.05, 0) is 36.3 Å². The lowest BCUT2D eigenvalue weighted by Crippen LogP contribution is -2.53. The molecule has 176 valence electrons. The van der Waals surface area contributed by atoms with Gasteiger partial charge in [-0.2, -0.15) is 31.4 Å². The molecule has 0 spiro atoms. The summed E-state index contributed by atoms with van der Waals surface area (Å²) in [5, 5.41) is 13.8. The van der Waals surface area contributed by atoms with Crippen molar-refractivity contribution < 1.29 is 35.8 Å². The van der Waals surface area contributed by atoms with Crippen molar-refractivity contribution >= 4 is 23.5 Å². The molecule has 0 bridgehead atoms. The minimum absolute atomic E-state index is 0.0305. The smallest absolute Gasteiger partial charge is 0.369 e. The standard InChI is InChI=1S/C21H15ClF7N3O/c1-12-8-17(31-32(12)11-14-4-7-18(22)30-10-14)16(23)9-13-2-5-15(6-3-13)19(33,20(24,25)26)21(27,28)29/h2-10,33H,11H2,1H3/b16-9-. The molecule has 0 aliphatic heterocycles. The van der Waals surface area contributed by atoms with E-state index in [1.54, 1.807) is 19.1 Å². The SMILES string of the molecule is Cc1cc(/C(F)=C/c2ccc(C(O)(C(F)(F)F)C(F)(F)F)cc2)nn1Cc1ccc(Cl)nc1. The van der Waals surface area contributed by atoms with Crippen molar-refractivity contribution in [3.05, 3.63) is 81.9 Å². The van der Waals surface area contributed by atoms with Crippen LogP contribution in [0.15, 0.2) is 48.7 Å². The van der Waals surface area contributed by atoms with Gasteiger partial charge in [0.1, 0.15) is 10.8 Å². The summed E-state index contributed by atoms with van der Waals surface area (Å²) in [6, 6.07) is 7.28. The van der Waals surface area contributed by atoms with Crippen molar-refractivity contribution in [2.75, 3.05) is 0 Å². The average Bonchev–Trinajstić information content (AvgIpc) is 3.08. The Balaban J connectivity index is 1.85. The van der Waals surface area contributed by atoms with E-state index in [1.165, 1.54) is 16.9 Å². The molecule has 0 unspecified atom stereocenters. The molecule has 3 rings (SSSR count). The molecular formula is C21H15ClF7N3O. The summed E-state index contributed by atoms with van der Waals surface area (Å²) < 4.78 is 94.0. The predicted octanol–water partition coefficient (Wildman–Crippen LogP) is 6.07. The maximum atomic E-state index is 14.7. The third-order valence-corrected chi connectivity index (χ3v) is 5.01. The van der Waals surface area contributed by atoms with E-state index in [2.05, 4.69) is 10.1 Å². The van der Waals surface area contributed by atoms with Crippen LogP contribution in [0.5, 0.6) is 0 Å². The van der Waals surface area contributed by atoms with E-state index in [0.717, 1.165) is 23.8 Å².